The van der Waals surface area contributed by atoms with E-state index in [0.29, 0.717) is 10.6 Å². The Hall–Kier alpha value is -1.87. The van der Waals surface area contributed by atoms with Crippen LogP contribution in [0, 0.1) is 5.82 Å². The summed E-state index contributed by atoms with van der Waals surface area (Å²) in [4.78, 5) is 11.9. The van der Waals surface area contributed by atoms with E-state index in [0.717, 1.165) is 6.07 Å². The molecule has 17 heavy (non-hydrogen) atoms. The van der Waals surface area contributed by atoms with Crippen molar-refractivity contribution in [3.05, 3.63) is 64.4 Å². The highest BCUT2D eigenvalue weighted by molar-refractivity contribution is 6.30. The highest BCUT2D eigenvalue weighted by Gasteiger charge is 2.14. The molecule has 2 nitrogen and oxygen atoms in total. The van der Waals surface area contributed by atoms with E-state index in [9.17, 15) is 9.18 Å². The number of ketones is 1. The Balaban J connectivity index is 2.40. The fourth-order valence-corrected chi connectivity index (χ4v) is 1.57. The Kier molecular flexibility index (Phi) is 3.11. The maximum absolute atomic E-state index is 13.5. The summed E-state index contributed by atoms with van der Waals surface area (Å²) in [5.41, 5.74) is 0.268. The van der Waals surface area contributed by atoms with Gasteiger partial charge in [-0.2, -0.15) is 0 Å². The van der Waals surface area contributed by atoms with Gasteiger partial charge in [-0.05, 0) is 36.4 Å². The van der Waals surface area contributed by atoms with Crippen molar-refractivity contribution in [3.8, 4) is 5.75 Å². The van der Waals surface area contributed by atoms with Crippen molar-refractivity contribution >= 4 is 17.4 Å². The number of carbonyl (C=O) groups is 1. The lowest BCUT2D eigenvalue weighted by molar-refractivity contribution is 0.103. The van der Waals surface area contributed by atoms with Crippen LogP contribution >= 0.6 is 11.6 Å². The lowest BCUT2D eigenvalue weighted by atomic mass is 10.0. The maximum atomic E-state index is 13.5. The molecule has 4 heteroatoms. The van der Waals surface area contributed by atoms with Gasteiger partial charge in [0.1, 0.15) is 11.6 Å². The Labute approximate surface area is 102 Å². The van der Waals surface area contributed by atoms with Gasteiger partial charge in [0.2, 0.25) is 0 Å². The minimum absolute atomic E-state index is 0.0786. The minimum atomic E-state index is -0.745. The van der Waals surface area contributed by atoms with Crippen LogP contribution in [0.4, 0.5) is 4.39 Å². The van der Waals surface area contributed by atoms with Crippen LogP contribution in [0.3, 0.4) is 0 Å². The van der Waals surface area contributed by atoms with Crippen molar-refractivity contribution in [3.63, 3.8) is 0 Å². The Morgan fingerprint density at radius 3 is 2.35 bits per heavy atom. The molecule has 0 saturated carbocycles. The van der Waals surface area contributed by atoms with Gasteiger partial charge in [0.25, 0.3) is 0 Å². The number of rotatable bonds is 2. The number of phenolic OH excluding ortho intramolecular Hbond substituents is 1. The van der Waals surface area contributed by atoms with Crippen molar-refractivity contribution < 1.29 is 14.3 Å². The summed E-state index contributed by atoms with van der Waals surface area (Å²) in [6.45, 7) is 0. The first-order valence-corrected chi connectivity index (χ1v) is 5.24. The Morgan fingerprint density at radius 2 is 1.76 bits per heavy atom. The molecule has 0 amide bonds. The molecule has 1 N–H and O–H groups in total. The molecule has 0 unspecified atom stereocenters. The van der Waals surface area contributed by atoms with Gasteiger partial charge >= 0.3 is 0 Å². The number of phenols is 1. The van der Waals surface area contributed by atoms with E-state index in [-0.39, 0.29) is 11.3 Å². The first-order chi connectivity index (χ1) is 8.08. The maximum Gasteiger partial charge on any atom is 0.195 e. The molecule has 0 aliphatic heterocycles. The van der Waals surface area contributed by atoms with Gasteiger partial charge in [-0.15, -0.1) is 0 Å². The van der Waals surface area contributed by atoms with Gasteiger partial charge < -0.3 is 5.11 Å². The van der Waals surface area contributed by atoms with Gasteiger partial charge in [-0.1, -0.05) is 11.6 Å². The van der Waals surface area contributed by atoms with E-state index in [2.05, 4.69) is 0 Å². The molecule has 0 spiro atoms. The van der Waals surface area contributed by atoms with E-state index in [1.807, 2.05) is 0 Å². The predicted molar refractivity (Wildman–Crippen MR) is 62.9 cm³/mol. The molecular weight excluding hydrogens is 243 g/mol. The first-order valence-electron chi connectivity index (χ1n) is 4.87. The number of hydrogen-bond acceptors (Lipinski definition) is 2. The van der Waals surface area contributed by atoms with Crippen LogP contribution in [0.5, 0.6) is 5.75 Å². The molecule has 2 aromatic rings. The zero-order valence-corrected chi connectivity index (χ0v) is 9.41. The number of halogens is 2. The quantitative estimate of drug-likeness (QED) is 0.830. The van der Waals surface area contributed by atoms with Gasteiger partial charge in [0, 0.05) is 16.7 Å². The molecule has 0 fully saturated rings. The Bertz CT molecular complexity index is 564. The summed E-state index contributed by atoms with van der Waals surface area (Å²) in [5.74, 6) is -1.40. The SMILES string of the molecule is O=C(c1ccc(Cl)cc1)c1ccc(O)cc1F. The second-order valence-electron chi connectivity index (χ2n) is 3.50. The molecule has 0 atom stereocenters. The molecule has 0 bridgehead atoms. The number of hydrogen-bond donors (Lipinski definition) is 1. The topological polar surface area (TPSA) is 37.3 Å². The van der Waals surface area contributed by atoms with Crippen molar-refractivity contribution in [1.82, 2.24) is 0 Å². The van der Waals surface area contributed by atoms with Crippen LogP contribution in [0.15, 0.2) is 42.5 Å². The molecule has 2 aromatic carbocycles. The monoisotopic (exact) mass is 250 g/mol. The van der Waals surface area contributed by atoms with Gasteiger partial charge in [-0.3, -0.25) is 4.79 Å². The molecule has 0 aliphatic rings. The Morgan fingerprint density at radius 1 is 1.12 bits per heavy atom. The molecule has 86 valence electrons. The predicted octanol–water partition coefficient (Wildman–Crippen LogP) is 3.42. The van der Waals surface area contributed by atoms with Gasteiger partial charge in [0.05, 0.1) is 5.56 Å². The van der Waals surface area contributed by atoms with Gasteiger partial charge in [0.15, 0.2) is 5.78 Å². The summed E-state index contributed by atoms with van der Waals surface area (Å²) >= 11 is 5.70. The van der Waals surface area contributed by atoms with Crippen molar-refractivity contribution in [2.24, 2.45) is 0 Å². The molecule has 0 aromatic heterocycles. The molecule has 0 radical (unpaired) electrons. The number of carbonyl (C=O) groups excluding carboxylic acids is 1. The molecule has 0 heterocycles. The summed E-state index contributed by atoms with van der Waals surface area (Å²) in [6, 6.07) is 9.60. The third kappa shape index (κ3) is 2.45. The van der Waals surface area contributed by atoms with Gasteiger partial charge in [-0.25, -0.2) is 4.39 Å². The zero-order valence-electron chi connectivity index (χ0n) is 8.65. The standard InChI is InChI=1S/C13H8ClFO2/c14-9-3-1-8(2-4-9)13(17)11-6-5-10(16)7-12(11)15/h1-7,16H. The van der Waals surface area contributed by atoms with Crippen LogP contribution in [0.1, 0.15) is 15.9 Å². The largest absolute Gasteiger partial charge is 0.508 e. The van der Waals surface area contributed by atoms with E-state index in [4.69, 9.17) is 16.7 Å². The van der Waals surface area contributed by atoms with Crippen molar-refractivity contribution in [2.45, 2.75) is 0 Å². The molecule has 0 saturated heterocycles. The van der Waals surface area contributed by atoms with Crippen LogP contribution in [-0.4, -0.2) is 10.9 Å². The molecular formula is C13H8ClFO2. The van der Waals surface area contributed by atoms with Crippen LogP contribution < -0.4 is 0 Å². The van der Waals surface area contributed by atoms with E-state index >= 15 is 0 Å². The second-order valence-corrected chi connectivity index (χ2v) is 3.94. The lowest BCUT2D eigenvalue weighted by Gasteiger charge is -2.03. The smallest absolute Gasteiger partial charge is 0.195 e. The third-order valence-electron chi connectivity index (χ3n) is 2.30. The normalized spacial score (nSPS) is 10.2. The second kappa shape index (κ2) is 4.55. The number of aromatic hydroxyl groups is 1. The summed E-state index contributed by atoms with van der Waals surface area (Å²) in [7, 11) is 0. The minimum Gasteiger partial charge on any atom is -0.508 e. The van der Waals surface area contributed by atoms with Crippen LogP contribution in [0.2, 0.25) is 5.02 Å². The highest BCUT2D eigenvalue weighted by atomic mass is 35.5. The fraction of sp³-hybridized carbons (Fsp3) is 0. The summed E-state index contributed by atoms with van der Waals surface area (Å²) in [5, 5.41) is 9.56. The van der Waals surface area contributed by atoms with Crippen molar-refractivity contribution in [1.29, 1.82) is 0 Å². The molecule has 0 aliphatic carbocycles. The summed E-state index contributed by atoms with van der Waals surface area (Å²) < 4.78 is 13.5. The van der Waals surface area contributed by atoms with E-state index < -0.39 is 11.6 Å². The van der Waals surface area contributed by atoms with E-state index in [1.165, 1.54) is 24.3 Å². The third-order valence-corrected chi connectivity index (χ3v) is 2.56. The fourth-order valence-electron chi connectivity index (χ4n) is 1.44. The first kappa shape index (κ1) is 11.6. The highest BCUT2D eigenvalue weighted by Crippen LogP contribution is 2.19. The summed E-state index contributed by atoms with van der Waals surface area (Å²) in [6.07, 6.45) is 0. The van der Waals surface area contributed by atoms with Crippen LogP contribution in [0.25, 0.3) is 0 Å². The lowest BCUT2D eigenvalue weighted by Crippen LogP contribution is -2.03. The zero-order chi connectivity index (χ0) is 12.4. The van der Waals surface area contributed by atoms with Crippen molar-refractivity contribution in [2.75, 3.05) is 0 Å². The van der Waals surface area contributed by atoms with E-state index in [1.54, 1.807) is 12.1 Å². The molecule has 2 rings (SSSR count). The van der Waals surface area contributed by atoms with Crippen LogP contribution in [-0.2, 0) is 0 Å². The average Bonchev–Trinajstić information content (AvgIpc) is 2.29. The average molecular weight is 251 g/mol. The number of benzene rings is 2.